The summed E-state index contributed by atoms with van der Waals surface area (Å²) in [6, 6.07) is -0.303. The van der Waals surface area contributed by atoms with Crippen molar-refractivity contribution in [3.05, 3.63) is 17.7 Å². The number of rotatable bonds is 1. The number of amides is 2. The molecule has 3 heterocycles. The summed E-state index contributed by atoms with van der Waals surface area (Å²) in [7, 11) is 1.98. The predicted octanol–water partition coefficient (Wildman–Crippen LogP) is 0.226. The summed E-state index contributed by atoms with van der Waals surface area (Å²) in [5.41, 5.74) is 2.19. The highest BCUT2D eigenvalue weighted by Crippen LogP contribution is 2.25. The van der Waals surface area contributed by atoms with Crippen LogP contribution in [0.1, 0.15) is 18.3 Å². The van der Waals surface area contributed by atoms with Crippen LogP contribution in [0.25, 0.3) is 0 Å². The van der Waals surface area contributed by atoms with E-state index in [2.05, 4.69) is 4.98 Å². The molecule has 3 rings (SSSR count). The highest BCUT2D eigenvalue weighted by molar-refractivity contribution is 7.99. The molecule has 7 heteroatoms. The van der Waals surface area contributed by atoms with Crippen molar-refractivity contribution in [1.29, 1.82) is 0 Å². The lowest BCUT2D eigenvalue weighted by molar-refractivity contribution is -0.143. The second-order valence-corrected chi connectivity index (χ2v) is 6.26. The molecule has 1 aromatic rings. The van der Waals surface area contributed by atoms with Crippen LogP contribution in [0.5, 0.6) is 0 Å². The van der Waals surface area contributed by atoms with Gasteiger partial charge >= 0.3 is 0 Å². The van der Waals surface area contributed by atoms with Gasteiger partial charge in [-0.2, -0.15) is 0 Å². The summed E-state index contributed by atoms with van der Waals surface area (Å²) in [5, 5.41) is 0. The third-order valence-electron chi connectivity index (χ3n) is 3.99. The van der Waals surface area contributed by atoms with Crippen LogP contribution in [0.15, 0.2) is 6.33 Å². The number of imidazole rings is 1. The summed E-state index contributed by atoms with van der Waals surface area (Å²) >= 11 is 1.64. The van der Waals surface area contributed by atoms with Crippen molar-refractivity contribution >= 4 is 23.6 Å². The Balaban J connectivity index is 1.74. The van der Waals surface area contributed by atoms with E-state index in [0.717, 1.165) is 12.1 Å². The van der Waals surface area contributed by atoms with Crippen molar-refractivity contribution in [2.24, 2.45) is 7.05 Å². The van der Waals surface area contributed by atoms with Gasteiger partial charge in [-0.3, -0.25) is 9.59 Å². The van der Waals surface area contributed by atoms with Crippen molar-refractivity contribution in [3.8, 4) is 0 Å². The minimum atomic E-state index is -0.303. The van der Waals surface area contributed by atoms with Crippen LogP contribution < -0.4 is 0 Å². The van der Waals surface area contributed by atoms with Gasteiger partial charge in [0.25, 0.3) is 0 Å². The molecular formula is C13H18N4O2S. The minimum Gasteiger partial charge on any atom is -0.337 e. The number of hydrogen-bond donors (Lipinski definition) is 0. The molecule has 108 valence electrons. The number of fused-ring (bicyclic) bond motifs is 1. The number of aryl methyl sites for hydroxylation is 1. The Morgan fingerprint density at radius 2 is 2.25 bits per heavy atom. The zero-order valence-electron chi connectivity index (χ0n) is 11.7. The smallest absolute Gasteiger partial charge is 0.246 e. The Morgan fingerprint density at radius 3 is 3.00 bits per heavy atom. The lowest BCUT2D eigenvalue weighted by atomic mass is 10.1. The Labute approximate surface area is 122 Å². The maximum Gasteiger partial charge on any atom is 0.246 e. The molecule has 1 atom stereocenters. The van der Waals surface area contributed by atoms with Gasteiger partial charge in [0.15, 0.2) is 0 Å². The van der Waals surface area contributed by atoms with Crippen LogP contribution in [0.2, 0.25) is 0 Å². The number of thioether (sulfide) groups is 1. The number of nitrogens with zero attached hydrogens (tertiary/aromatic N) is 4. The molecule has 0 aromatic carbocycles. The van der Waals surface area contributed by atoms with Crippen molar-refractivity contribution in [2.45, 2.75) is 25.9 Å². The van der Waals surface area contributed by atoms with Crippen molar-refractivity contribution in [3.63, 3.8) is 0 Å². The quantitative estimate of drug-likeness (QED) is 0.744. The molecule has 1 unspecified atom stereocenters. The van der Waals surface area contributed by atoms with E-state index in [-0.39, 0.29) is 17.9 Å². The number of aromatic nitrogens is 2. The first-order valence-corrected chi connectivity index (χ1v) is 7.86. The van der Waals surface area contributed by atoms with Crippen molar-refractivity contribution in [2.75, 3.05) is 18.2 Å². The van der Waals surface area contributed by atoms with Gasteiger partial charge in [0.05, 0.1) is 24.4 Å². The highest BCUT2D eigenvalue weighted by atomic mass is 32.2. The number of carbonyl (C=O) groups is 2. The van der Waals surface area contributed by atoms with Gasteiger partial charge in [0.2, 0.25) is 11.8 Å². The largest absolute Gasteiger partial charge is 0.337 e. The lowest BCUT2D eigenvalue weighted by Crippen LogP contribution is -2.49. The monoisotopic (exact) mass is 294 g/mol. The van der Waals surface area contributed by atoms with Crippen LogP contribution >= 0.6 is 11.8 Å². The molecular weight excluding hydrogens is 276 g/mol. The second-order valence-electron chi connectivity index (χ2n) is 5.26. The van der Waals surface area contributed by atoms with Crippen LogP contribution in [-0.4, -0.2) is 55.4 Å². The van der Waals surface area contributed by atoms with Crippen LogP contribution in [-0.2, 0) is 29.6 Å². The van der Waals surface area contributed by atoms with Gasteiger partial charge in [0, 0.05) is 38.4 Å². The topological polar surface area (TPSA) is 58.4 Å². The predicted molar refractivity (Wildman–Crippen MR) is 76.0 cm³/mol. The SMILES string of the molecule is CC(=O)N1CSCC1C(=O)N1CCc2c(ncn2C)C1. The van der Waals surface area contributed by atoms with E-state index in [1.807, 2.05) is 16.5 Å². The molecule has 0 N–H and O–H groups in total. The summed E-state index contributed by atoms with van der Waals surface area (Å²) in [6.07, 6.45) is 2.63. The van der Waals surface area contributed by atoms with Gasteiger partial charge in [0.1, 0.15) is 6.04 Å². The number of hydrogen-bond acceptors (Lipinski definition) is 4. The Bertz CT molecular complexity index is 557. The Morgan fingerprint density at radius 1 is 1.45 bits per heavy atom. The molecule has 6 nitrogen and oxygen atoms in total. The van der Waals surface area contributed by atoms with Crippen LogP contribution in [0.3, 0.4) is 0 Å². The van der Waals surface area contributed by atoms with Crippen LogP contribution in [0, 0.1) is 0 Å². The molecule has 0 radical (unpaired) electrons. The van der Waals surface area contributed by atoms with E-state index in [0.29, 0.717) is 24.7 Å². The first-order chi connectivity index (χ1) is 9.58. The lowest BCUT2D eigenvalue weighted by Gasteiger charge is -2.31. The molecule has 0 saturated carbocycles. The van der Waals surface area contributed by atoms with Crippen molar-refractivity contribution in [1.82, 2.24) is 19.4 Å². The molecule has 0 aliphatic carbocycles. The zero-order valence-corrected chi connectivity index (χ0v) is 12.5. The van der Waals surface area contributed by atoms with E-state index < -0.39 is 0 Å². The maximum absolute atomic E-state index is 12.6. The highest BCUT2D eigenvalue weighted by Gasteiger charge is 2.37. The molecule has 0 bridgehead atoms. The van der Waals surface area contributed by atoms with E-state index in [1.54, 1.807) is 23.0 Å². The fraction of sp³-hybridized carbons (Fsp3) is 0.615. The van der Waals surface area contributed by atoms with Gasteiger partial charge < -0.3 is 14.4 Å². The molecule has 20 heavy (non-hydrogen) atoms. The van der Waals surface area contributed by atoms with E-state index in [9.17, 15) is 9.59 Å². The fourth-order valence-electron chi connectivity index (χ4n) is 2.81. The molecule has 1 fully saturated rings. The van der Waals surface area contributed by atoms with Crippen LogP contribution in [0.4, 0.5) is 0 Å². The van der Waals surface area contributed by atoms with Gasteiger partial charge in [-0.25, -0.2) is 4.98 Å². The van der Waals surface area contributed by atoms with E-state index in [1.165, 1.54) is 12.6 Å². The maximum atomic E-state index is 12.6. The third-order valence-corrected chi connectivity index (χ3v) is 5.00. The average molecular weight is 294 g/mol. The molecule has 2 aliphatic heterocycles. The first-order valence-electron chi connectivity index (χ1n) is 6.70. The van der Waals surface area contributed by atoms with E-state index >= 15 is 0 Å². The zero-order chi connectivity index (χ0) is 14.3. The molecule has 1 aromatic heterocycles. The van der Waals surface area contributed by atoms with Crippen molar-refractivity contribution < 1.29 is 9.59 Å². The minimum absolute atomic E-state index is 0.0242. The Hall–Kier alpha value is -1.50. The van der Waals surface area contributed by atoms with Gasteiger partial charge in [-0.05, 0) is 0 Å². The first kappa shape index (κ1) is 13.5. The van der Waals surface area contributed by atoms with Gasteiger partial charge in [-0.1, -0.05) is 0 Å². The standard InChI is InChI=1S/C13H18N4O2S/c1-9(18)17-8-20-6-12(17)13(19)16-4-3-11-10(5-16)14-7-15(11)2/h7,12H,3-6,8H2,1-2H3. The molecule has 0 spiro atoms. The fourth-order valence-corrected chi connectivity index (χ4v) is 4.02. The second kappa shape index (κ2) is 5.12. The van der Waals surface area contributed by atoms with Gasteiger partial charge in [-0.15, -0.1) is 11.8 Å². The summed E-state index contributed by atoms with van der Waals surface area (Å²) in [4.78, 5) is 32.0. The van der Waals surface area contributed by atoms with E-state index in [4.69, 9.17) is 0 Å². The molecule has 1 saturated heterocycles. The summed E-state index contributed by atoms with van der Waals surface area (Å²) in [6.45, 7) is 2.79. The number of carbonyl (C=O) groups excluding carboxylic acids is 2. The average Bonchev–Trinajstić information content (AvgIpc) is 3.05. The normalized spacial score (nSPS) is 22.0. The summed E-state index contributed by atoms with van der Waals surface area (Å²) < 4.78 is 2.02. The molecule has 2 amide bonds. The summed E-state index contributed by atoms with van der Waals surface area (Å²) in [5.74, 6) is 1.35. The third kappa shape index (κ3) is 2.19. The molecule has 2 aliphatic rings. The Kier molecular flexibility index (Phi) is 3.45.